The number of methoxy groups -OCH3 is 1. The van der Waals surface area contributed by atoms with Crippen molar-refractivity contribution in [2.45, 2.75) is 12.5 Å². The van der Waals surface area contributed by atoms with Crippen LogP contribution < -0.4 is 4.74 Å². The minimum Gasteiger partial charge on any atom is -0.497 e. The molecule has 1 N–H and O–H groups in total. The third-order valence-electron chi connectivity index (χ3n) is 2.85. The van der Waals surface area contributed by atoms with E-state index in [0.717, 1.165) is 29.8 Å². The van der Waals surface area contributed by atoms with Crippen LogP contribution in [0.25, 0.3) is 0 Å². The minimum atomic E-state index is -0.818. The highest BCUT2D eigenvalue weighted by molar-refractivity contribution is 7.13. The van der Waals surface area contributed by atoms with E-state index in [9.17, 15) is 9.90 Å². The zero-order valence-corrected chi connectivity index (χ0v) is 10.2. The largest absolute Gasteiger partial charge is 0.497 e. The Morgan fingerprint density at radius 1 is 1.62 bits per heavy atom. The molecule has 0 amide bonds. The van der Waals surface area contributed by atoms with Crippen LogP contribution in [0.5, 0.6) is 5.75 Å². The first-order chi connectivity index (χ1) is 7.63. The Labute approximate surface area is 96.5 Å². The number of carboxylic acids is 1. The molecule has 1 heterocycles. The molecule has 0 saturated heterocycles. The van der Waals surface area contributed by atoms with Crippen LogP contribution in [-0.4, -0.2) is 29.4 Å². The zero-order valence-electron chi connectivity index (χ0n) is 9.01. The molecular weight excluding hydrogens is 225 g/mol. The Morgan fingerprint density at radius 2 is 2.38 bits per heavy atom. The number of aliphatic carboxylic acids is 1. The summed E-state index contributed by atoms with van der Waals surface area (Å²) in [4.78, 5) is 11.2. The van der Waals surface area contributed by atoms with Crippen LogP contribution in [0.4, 0.5) is 0 Å². The van der Waals surface area contributed by atoms with Crippen molar-refractivity contribution < 1.29 is 14.6 Å². The van der Waals surface area contributed by atoms with Crippen LogP contribution >= 0.6 is 9.39 Å². The average Bonchev–Trinajstić information content (AvgIpc) is 2.27. The molecule has 1 aromatic carbocycles. The molecule has 2 atom stereocenters. The fourth-order valence-electron chi connectivity index (χ4n) is 2.02. The molecule has 86 valence electrons. The lowest BCUT2D eigenvalue weighted by molar-refractivity contribution is -0.141. The summed E-state index contributed by atoms with van der Waals surface area (Å²) in [5, 5.41) is 9.20. The van der Waals surface area contributed by atoms with E-state index in [1.807, 2.05) is 12.1 Å². The van der Waals surface area contributed by atoms with Crippen molar-refractivity contribution in [3.05, 3.63) is 29.3 Å². The number of hydrogen-bond acceptors (Lipinski definition) is 3. The first-order valence-corrected chi connectivity index (χ1v) is 5.56. The lowest BCUT2D eigenvalue weighted by atomic mass is 9.94. The number of benzene rings is 1. The van der Waals surface area contributed by atoms with Gasteiger partial charge in [0.05, 0.1) is 7.11 Å². The predicted octanol–water partition coefficient (Wildman–Crippen LogP) is 1.47. The normalized spacial score (nSPS) is 20.2. The Bertz CT molecular complexity index is 422. The van der Waals surface area contributed by atoms with E-state index in [2.05, 4.69) is 9.39 Å². The van der Waals surface area contributed by atoms with Gasteiger partial charge in [0.1, 0.15) is 11.8 Å². The maximum atomic E-state index is 11.2. The number of fused-ring (bicyclic) bond motifs is 1. The molecule has 2 rings (SSSR count). The third-order valence-corrected chi connectivity index (χ3v) is 3.41. The summed E-state index contributed by atoms with van der Waals surface area (Å²) in [5.74, 6) is -0.0405. The topological polar surface area (TPSA) is 49.8 Å². The van der Waals surface area contributed by atoms with Crippen LogP contribution in [-0.2, 0) is 11.2 Å². The predicted molar refractivity (Wildman–Crippen MR) is 63.5 cm³/mol. The van der Waals surface area contributed by atoms with E-state index in [0.29, 0.717) is 0 Å². The lowest BCUT2D eigenvalue weighted by Crippen LogP contribution is -2.33. The number of carboxylic acid groups (broad SMARTS) is 1. The average molecular weight is 239 g/mol. The van der Waals surface area contributed by atoms with Gasteiger partial charge in [0, 0.05) is 6.54 Å². The number of hydrogen-bond donors (Lipinski definition) is 1. The van der Waals surface area contributed by atoms with Crippen molar-refractivity contribution >= 4 is 15.4 Å². The van der Waals surface area contributed by atoms with Gasteiger partial charge in [-0.25, -0.2) is 0 Å². The molecule has 2 unspecified atom stereocenters. The SMILES string of the molecule is COc1ccc2c(c1)CCN(P)C2C(=O)O. The molecule has 4 nitrogen and oxygen atoms in total. The van der Waals surface area contributed by atoms with Gasteiger partial charge in [-0.1, -0.05) is 15.5 Å². The van der Waals surface area contributed by atoms with Gasteiger partial charge in [-0.15, -0.1) is 0 Å². The van der Waals surface area contributed by atoms with Gasteiger partial charge in [-0.05, 0) is 29.7 Å². The Hall–Kier alpha value is -1.12. The monoisotopic (exact) mass is 239 g/mol. The van der Waals surface area contributed by atoms with Crippen molar-refractivity contribution in [1.82, 2.24) is 4.67 Å². The standard InChI is InChI=1S/C11H14NO3P/c1-15-8-2-3-9-7(6-8)4-5-12(16)10(9)11(13)14/h2-3,6,10H,4-5,16H2,1H3,(H,13,14). The van der Waals surface area contributed by atoms with E-state index in [1.54, 1.807) is 17.8 Å². The molecule has 1 aliphatic heterocycles. The summed E-state index contributed by atoms with van der Waals surface area (Å²) >= 11 is 0. The number of carbonyl (C=O) groups is 1. The first kappa shape index (κ1) is 11.4. The lowest BCUT2D eigenvalue weighted by Gasteiger charge is -2.31. The summed E-state index contributed by atoms with van der Waals surface area (Å²) in [5.41, 5.74) is 1.92. The fourth-order valence-corrected chi connectivity index (χ4v) is 2.44. The van der Waals surface area contributed by atoms with Crippen molar-refractivity contribution in [2.24, 2.45) is 0 Å². The molecule has 5 heteroatoms. The summed E-state index contributed by atoms with van der Waals surface area (Å²) in [7, 11) is 4.09. The van der Waals surface area contributed by atoms with E-state index < -0.39 is 12.0 Å². The van der Waals surface area contributed by atoms with Gasteiger partial charge >= 0.3 is 5.97 Å². The van der Waals surface area contributed by atoms with Gasteiger partial charge in [-0.2, -0.15) is 0 Å². The molecule has 0 spiro atoms. The van der Waals surface area contributed by atoms with Crippen molar-refractivity contribution in [2.75, 3.05) is 13.7 Å². The number of rotatable bonds is 2. The molecule has 0 aliphatic carbocycles. The van der Waals surface area contributed by atoms with Crippen molar-refractivity contribution in [1.29, 1.82) is 0 Å². The maximum Gasteiger partial charge on any atom is 0.325 e. The molecule has 0 radical (unpaired) electrons. The van der Waals surface area contributed by atoms with Gasteiger partial charge in [0.25, 0.3) is 0 Å². The second kappa shape index (κ2) is 4.40. The fraction of sp³-hybridized carbons (Fsp3) is 0.364. The van der Waals surface area contributed by atoms with Crippen molar-refractivity contribution in [3.8, 4) is 5.75 Å². The minimum absolute atomic E-state index is 0.570. The Morgan fingerprint density at radius 3 is 3.00 bits per heavy atom. The van der Waals surface area contributed by atoms with Gasteiger partial charge in [-0.3, -0.25) is 9.46 Å². The molecule has 0 bridgehead atoms. The molecular formula is C11H14NO3P. The van der Waals surface area contributed by atoms with Crippen LogP contribution in [0.2, 0.25) is 0 Å². The second-order valence-corrected chi connectivity index (χ2v) is 4.46. The highest BCUT2D eigenvalue weighted by Gasteiger charge is 2.30. The first-order valence-electron chi connectivity index (χ1n) is 5.04. The van der Waals surface area contributed by atoms with E-state index >= 15 is 0 Å². The quantitative estimate of drug-likeness (QED) is 0.794. The zero-order chi connectivity index (χ0) is 11.7. The molecule has 16 heavy (non-hydrogen) atoms. The van der Waals surface area contributed by atoms with E-state index in [4.69, 9.17) is 4.74 Å². The molecule has 1 aliphatic rings. The van der Waals surface area contributed by atoms with Crippen LogP contribution in [0.3, 0.4) is 0 Å². The molecule has 0 aromatic heterocycles. The Kier molecular flexibility index (Phi) is 3.13. The number of ether oxygens (including phenoxy) is 1. The maximum absolute atomic E-state index is 11.2. The smallest absolute Gasteiger partial charge is 0.325 e. The highest BCUT2D eigenvalue weighted by Crippen LogP contribution is 2.34. The summed E-state index contributed by atoms with van der Waals surface area (Å²) in [6.07, 6.45) is 0.847. The molecule has 0 fully saturated rings. The van der Waals surface area contributed by atoms with Crippen LogP contribution in [0, 0.1) is 0 Å². The van der Waals surface area contributed by atoms with Crippen LogP contribution in [0.1, 0.15) is 17.2 Å². The second-order valence-electron chi connectivity index (χ2n) is 3.79. The molecule has 0 saturated carbocycles. The van der Waals surface area contributed by atoms with Gasteiger partial charge in [0.15, 0.2) is 0 Å². The summed E-state index contributed by atoms with van der Waals surface area (Å²) < 4.78 is 6.91. The molecule has 1 aromatic rings. The van der Waals surface area contributed by atoms with Gasteiger partial charge in [0.2, 0.25) is 0 Å². The van der Waals surface area contributed by atoms with Crippen LogP contribution in [0.15, 0.2) is 18.2 Å². The van der Waals surface area contributed by atoms with E-state index in [-0.39, 0.29) is 0 Å². The highest BCUT2D eigenvalue weighted by atomic mass is 31.0. The summed E-state index contributed by atoms with van der Waals surface area (Å²) in [6.45, 7) is 0.724. The van der Waals surface area contributed by atoms with Crippen molar-refractivity contribution in [3.63, 3.8) is 0 Å². The third kappa shape index (κ3) is 1.91. The van der Waals surface area contributed by atoms with E-state index in [1.165, 1.54) is 0 Å². The summed E-state index contributed by atoms with van der Waals surface area (Å²) in [6, 6.07) is 4.99. The van der Waals surface area contributed by atoms with Gasteiger partial charge < -0.3 is 9.84 Å². The number of nitrogens with zero attached hydrogens (tertiary/aromatic N) is 1. The Balaban J connectivity index is 2.44.